The second-order valence-electron chi connectivity index (χ2n) is 7.07. The van der Waals surface area contributed by atoms with Crippen LogP contribution in [0.25, 0.3) is 0 Å². The van der Waals surface area contributed by atoms with Gasteiger partial charge in [-0.3, -0.25) is 4.90 Å². The highest BCUT2D eigenvalue weighted by Gasteiger charge is 2.30. The molecular formula is C17H26N2. The van der Waals surface area contributed by atoms with Gasteiger partial charge in [0.1, 0.15) is 0 Å². The molecule has 1 aromatic carbocycles. The van der Waals surface area contributed by atoms with Crippen LogP contribution in [-0.4, -0.2) is 37.1 Å². The Kier molecular flexibility index (Phi) is 3.30. The van der Waals surface area contributed by atoms with E-state index in [1.54, 1.807) is 0 Å². The van der Waals surface area contributed by atoms with Gasteiger partial charge in [-0.15, -0.1) is 0 Å². The first kappa shape index (κ1) is 13.0. The van der Waals surface area contributed by atoms with Gasteiger partial charge in [0.2, 0.25) is 0 Å². The summed E-state index contributed by atoms with van der Waals surface area (Å²) in [6.07, 6.45) is 2.78. The van der Waals surface area contributed by atoms with Crippen molar-refractivity contribution in [2.24, 2.45) is 0 Å². The molecule has 0 spiro atoms. The average molecular weight is 258 g/mol. The van der Waals surface area contributed by atoms with E-state index in [4.69, 9.17) is 0 Å². The maximum Gasteiger partial charge on any atom is 0.0367 e. The highest BCUT2D eigenvalue weighted by atomic mass is 15.3. The van der Waals surface area contributed by atoms with Gasteiger partial charge in [0.25, 0.3) is 0 Å². The van der Waals surface area contributed by atoms with Crippen LogP contribution in [0.1, 0.15) is 39.2 Å². The highest BCUT2D eigenvalue weighted by molar-refractivity contribution is 5.49. The molecule has 2 nitrogen and oxygen atoms in total. The third-order valence-electron chi connectivity index (χ3n) is 4.69. The van der Waals surface area contributed by atoms with Crippen molar-refractivity contribution in [1.82, 2.24) is 4.90 Å². The van der Waals surface area contributed by atoms with Crippen molar-refractivity contribution in [3.63, 3.8) is 0 Å². The van der Waals surface area contributed by atoms with Gasteiger partial charge in [0.15, 0.2) is 0 Å². The maximum absolute atomic E-state index is 2.67. The normalized spacial score (nSPS) is 24.6. The smallest absolute Gasteiger partial charge is 0.0367 e. The van der Waals surface area contributed by atoms with Gasteiger partial charge in [0.05, 0.1) is 0 Å². The summed E-state index contributed by atoms with van der Waals surface area (Å²) in [7, 11) is 0. The summed E-state index contributed by atoms with van der Waals surface area (Å²) in [4.78, 5) is 5.24. The van der Waals surface area contributed by atoms with Crippen LogP contribution in [0.4, 0.5) is 5.69 Å². The molecule has 0 aromatic heterocycles. The fraction of sp³-hybridized carbons (Fsp3) is 0.647. The summed E-state index contributed by atoms with van der Waals surface area (Å²) in [6.45, 7) is 11.8. The number of piperazine rings is 1. The van der Waals surface area contributed by atoms with Gasteiger partial charge in [-0.25, -0.2) is 0 Å². The quantitative estimate of drug-likeness (QED) is 0.763. The summed E-state index contributed by atoms with van der Waals surface area (Å²) in [6, 6.07) is 10.0. The first-order valence-electron chi connectivity index (χ1n) is 7.63. The van der Waals surface area contributed by atoms with E-state index < -0.39 is 0 Å². The monoisotopic (exact) mass is 258 g/mol. The summed E-state index contributed by atoms with van der Waals surface area (Å²) in [5.74, 6) is 0. The van der Waals surface area contributed by atoms with Gasteiger partial charge >= 0.3 is 0 Å². The minimum Gasteiger partial charge on any atom is -0.369 e. The number of hydrogen-bond acceptors (Lipinski definition) is 2. The maximum atomic E-state index is 2.67. The fourth-order valence-corrected chi connectivity index (χ4v) is 3.40. The predicted molar refractivity (Wildman–Crippen MR) is 82.0 cm³/mol. The van der Waals surface area contributed by atoms with Crippen molar-refractivity contribution in [3.05, 3.63) is 29.8 Å². The summed E-state index contributed by atoms with van der Waals surface area (Å²) < 4.78 is 0. The SMILES string of the molecule is CC(C)(C)c1ccc(N2CCN3CCCC3C2)cc1. The molecule has 2 saturated heterocycles. The Balaban J connectivity index is 1.72. The van der Waals surface area contributed by atoms with Gasteiger partial charge in [-0.05, 0) is 42.5 Å². The van der Waals surface area contributed by atoms with Gasteiger partial charge in [-0.2, -0.15) is 0 Å². The number of nitrogens with zero attached hydrogens (tertiary/aromatic N) is 2. The topological polar surface area (TPSA) is 6.48 Å². The second kappa shape index (κ2) is 4.82. The van der Waals surface area contributed by atoms with Crippen molar-refractivity contribution >= 4 is 5.69 Å². The van der Waals surface area contributed by atoms with Crippen LogP contribution in [0.3, 0.4) is 0 Å². The van der Waals surface area contributed by atoms with Gasteiger partial charge in [0, 0.05) is 31.4 Å². The lowest BCUT2D eigenvalue weighted by Crippen LogP contribution is -2.50. The van der Waals surface area contributed by atoms with E-state index in [1.165, 1.54) is 50.3 Å². The fourth-order valence-electron chi connectivity index (χ4n) is 3.40. The first-order chi connectivity index (χ1) is 9.04. The third kappa shape index (κ3) is 2.64. The Morgan fingerprint density at radius 2 is 1.74 bits per heavy atom. The molecule has 0 amide bonds. The molecule has 0 N–H and O–H groups in total. The summed E-state index contributed by atoms with van der Waals surface area (Å²) >= 11 is 0. The summed E-state index contributed by atoms with van der Waals surface area (Å²) in [5, 5.41) is 0. The Hall–Kier alpha value is -1.02. The molecule has 0 saturated carbocycles. The molecule has 2 aliphatic rings. The Bertz CT molecular complexity index is 430. The minimum absolute atomic E-state index is 0.253. The Morgan fingerprint density at radius 3 is 2.42 bits per heavy atom. The largest absolute Gasteiger partial charge is 0.369 e. The first-order valence-corrected chi connectivity index (χ1v) is 7.63. The van der Waals surface area contributed by atoms with Crippen molar-refractivity contribution in [1.29, 1.82) is 0 Å². The third-order valence-corrected chi connectivity index (χ3v) is 4.69. The highest BCUT2D eigenvalue weighted by Crippen LogP contribution is 2.28. The number of rotatable bonds is 1. The predicted octanol–water partition coefficient (Wildman–Crippen LogP) is 3.27. The van der Waals surface area contributed by atoms with E-state index in [2.05, 4.69) is 54.8 Å². The lowest BCUT2D eigenvalue weighted by atomic mass is 9.87. The van der Waals surface area contributed by atoms with Crippen LogP contribution in [-0.2, 0) is 5.41 Å². The Labute approximate surface area is 117 Å². The van der Waals surface area contributed by atoms with Crippen LogP contribution in [0.2, 0.25) is 0 Å². The van der Waals surface area contributed by atoms with Crippen molar-refractivity contribution < 1.29 is 0 Å². The van der Waals surface area contributed by atoms with Crippen molar-refractivity contribution in [3.8, 4) is 0 Å². The molecule has 0 radical (unpaired) electrons. The van der Waals surface area contributed by atoms with Crippen LogP contribution < -0.4 is 4.90 Å². The van der Waals surface area contributed by atoms with E-state index in [9.17, 15) is 0 Å². The molecule has 0 aliphatic carbocycles. The second-order valence-corrected chi connectivity index (χ2v) is 7.07. The van der Waals surface area contributed by atoms with Crippen LogP contribution in [0.15, 0.2) is 24.3 Å². The number of fused-ring (bicyclic) bond motifs is 1. The average Bonchev–Trinajstić information content (AvgIpc) is 2.85. The minimum atomic E-state index is 0.253. The molecule has 2 heterocycles. The molecule has 1 aromatic rings. The number of anilines is 1. The molecule has 1 unspecified atom stereocenters. The van der Waals surface area contributed by atoms with E-state index in [0.717, 1.165) is 6.04 Å². The van der Waals surface area contributed by atoms with Crippen LogP contribution in [0, 0.1) is 0 Å². The number of benzene rings is 1. The van der Waals surface area contributed by atoms with Gasteiger partial charge < -0.3 is 4.90 Å². The van der Waals surface area contributed by atoms with Crippen LogP contribution >= 0.6 is 0 Å². The van der Waals surface area contributed by atoms with Crippen molar-refractivity contribution in [2.45, 2.75) is 45.1 Å². The number of hydrogen-bond donors (Lipinski definition) is 0. The molecule has 2 fully saturated rings. The van der Waals surface area contributed by atoms with Gasteiger partial charge in [-0.1, -0.05) is 32.9 Å². The van der Waals surface area contributed by atoms with E-state index in [1.807, 2.05) is 0 Å². The lowest BCUT2D eigenvalue weighted by molar-refractivity contribution is 0.231. The van der Waals surface area contributed by atoms with E-state index >= 15 is 0 Å². The standard InChI is InChI=1S/C17H26N2/c1-17(2,3)14-6-8-15(9-7-14)19-12-11-18-10-4-5-16(18)13-19/h6-9,16H,4-5,10-13H2,1-3H3. The Morgan fingerprint density at radius 1 is 1.00 bits per heavy atom. The van der Waals surface area contributed by atoms with Crippen LogP contribution in [0.5, 0.6) is 0 Å². The zero-order chi connectivity index (χ0) is 13.5. The molecule has 0 bridgehead atoms. The van der Waals surface area contributed by atoms with E-state index in [-0.39, 0.29) is 5.41 Å². The molecule has 2 aliphatic heterocycles. The lowest BCUT2D eigenvalue weighted by Gasteiger charge is -2.39. The molecule has 2 heteroatoms. The molecule has 104 valence electrons. The zero-order valence-corrected chi connectivity index (χ0v) is 12.5. The van der Waals surface area contributed by atoms with Crippen molar-refractivity contribution in [2.75, 3.05) is 31.1 Å². The molecule has 19 heavy (non-hydrogen) atoms. The summed E-state index contributed by atoms with van der Waals surface area (Å²) in [5.41, 5.74) is 3.08. The zero-order valence-electron chi connectivity index (χ0n) is 12.5. The molecular weight excluding hydrogens is 232 g/mol. The molecule has 3 rings (SSSR count). The van der Waals surface area contributed by atoms with E-state index in [0.29, 0.717) is 0 Å². The molecule has 1 atom stereocenters.